The van der Waals surface area contributed by atoms with Crippen LogP contribution < -0.4 is 4.90 Å². The van der Waals surface area contributed by atoms with Crippen molar-refractivity contribution in [1.29, 1.82) is 0 Å². The lowest BCUT2D eigenvalue weighted by atomic mass is 10.2. The summed E-state index contributed by atoms with van der Waals surface area (Å²) in [4.78, 5) is 21.6. The van der Waals surface area contributed by atoms with Gasteiger partial charge in [-0.1, -0.05) is 48.4 Å². The summed E-state index contributed by atoms with van der Waals surface area (Å²) in [6, 6.07) is 9.44. The predicted molar refractivity (Wildman–Crippen MR) is 133 cm³/mol. The van der Waals surface area contributed by atoms with Gasteiger partial charge in [0.1, 0.15) is 5.75 Å². The van der Waals surface area contributed by atoms with E-state index < -0.39 is 21.5 Å². The summed E-state index contributed by atoms with van der Waals surface area (Å²) in [5, 5.41) is 1.49. The van der Waals surface area contributed by atoms with Crippen LogP contribution in [0.15, 0.2) is 41.3 Å². The maximum Gasteiger partial charge on any atom is 0.244 e. The van der Waals surface area contributed by atoms with Crippen LogP contribution in [0.2, 0.25) is 10.0 Å². The number of benzene rings is 2. The van der Waals surface area contributed by atoms with E-state index in [1.54, 1.807) is 0 Å². The summed E-state index contributed by atoms with van der Waals surface area (Å²) in [6.45, 7) is 8.60. The lowest BCUT2D eigenvalue weighted by Gasteiger charge is -2.24. The van der Waals surface area contributed by atoms with Gasteiger partial charge in [-0.05, 0) is 62.0 Å². The fourth-order valence-corrected chi connectivity index (χ4v) is 6.12. The van der Waals surface area contributed by atoms with E-state index in [9.17, 15) is 13.2 Å². The smallest absolute Gasteiger partial charge is 0.244 e. The van der Waals surface area contributed by atoms with E-state index in [1.807, 2.05) is 32.9 Å². The van der Waals surface area contributed by atoms with E-state index in [1.165, 1.54) is 40.5 Å². The standard InChI is InChI=1S/C22H25Cl2N3O3S2/c1-4-26(5-2)10-11-27(22-25-21-15(3)12-17(24)13-19(21)31-22)20(28)14-32(29,30)18-8-6-16(23)7-9-18/h6-9,12-13H,4-5,10-11,14H2,1-3H3. The van der Waals surface area contributed by atoms with E-state index in [4.69, 9.17) is 23.2 Å². The van der Waals surface area contributed by atoms with Crippen molar-refractivity contribution in [2.75, 3.05) is 36.8 Å². The fourth-order valence-electron chi connectivity index (χ4n) is 3.33. The predicted octanol–water partition coefficient (Wildman–Crippen LogP) is 5.06. The molecule has 0 fully saturated rings. The van der Waals surface area contributed by atoms with Crippen LogP contribution in [0.25, 0.3) is 10.2 Å². The van der Waals surface area contributed by atoms with E-state index in [-0.39, 0.29) is 4.90 Å². The quantitative estimate of drug-likeness (QED) is 0.399. The van der Waals surface area contributed by atoms with Crippen LogP contribution >= 0.6 is 34.5 Å². The van der Waals surface area contributed by atoms with Gasteiger partial charge in [0, 0.05) is 23.1 Å². The number of rotatable bonds is 9. The zero-order valence-corrected chi connectivity index (χ0v) is 21.3. The molecule has 0 aliphatic heterocycles. The second-order valence-corrected chi connectivity index (χ2v) is 11.2. The number of amides is 1. The lowest BCUT2D eigenvalue weighted by Crippen LogP contribution is -2.41. The highest BCUT2D eigenvalue weighted by atomic mass is 35.5. The van der Waals surface area contributed by atoms with Crippen LogP contribution in [-0.4, -0.2) is 56.1 Å². The van der Waals surface area contributed by atoms with Crippen molar-refractivity contribution < 1.29 is 13.2 Å². The van der Waals surface area contributed by atoms with Crippen LogP contribution in [0.1, 0.15) is 19.4 Å². The van der Waals surface area contributed by atoms with E-state index in [0.29, 0.717) is 28.3 Å². The Morgan fingerprint density at radius 2 is 1.69 bits per heavy atom. The highest BCUT2D eigenvalue weighted by Crippen LogP contribution is 2.33. The average Bonchev–Trinajstić information content (AvgIpc) is 3.15. The number of carbonyl (C=O) groups excluding carboxylic acids is 1. The highest BCUT2D eigenvalue weighted by molar-refractivity contribution is 7.92. The molecule has 3 rings (SSSR count). The molecule has 10 heteroatoms. The Morgan fingerprint density at radius 3 is 2.31 bits per heavy atom. The SMILES string of the molecule is CCN(CC)CCN(C(=O)CS(=O)(=O)c1ccc(Cl)cc1)c1nc2c(C)cc(Cl)cc2s1. The van der Waals surface area contributed by atoms with Crippen LogP contribution in [0, 0.1) is 6.92 Å². The second kappa shape index (κ2) is 10.5. The minimum absolute atomic E-state index is 0.0610. The Bertz CT molecular complexity index is 1210. The summed E-state index contributed by atoms with van der Waals surface area (Å²) >= 11 is 13.4. The maximum absolute atomic E-state index is 13.3. The molecule has 0 aliphatic rings. The van der Waals surface area contributed by atoms with Gasteiger partial charge < -0.3 is 4.90 Å². The number of likely N-dealkylation sites (N-methyl/N-ethyl adjacent to an activating group) is 1. The van der Waals surface area contributed by atoms with Gasteiger partial charge in [-0.15, -0.1) is 0 Å². The zero-order valence-electron chi connectivity index (χ0n) is 18.1. The van der Waals surface area contributed by atoms with Gasteiger partial charge in [0.05, 0.1) is 15.1 Å². The van der Waals surface area contributed by atoms with Crippen molar-refractivity contribution >= 4 is 65.6 Å². The molecule has 0 radical (unpaired) electrons. The van der Waals surface area contributed by atoms with Gasteiger partial charge >= 0.3 is 0 Å². The summed E-state index contributed by atoms with van der Waals surface area (Å²) in [5.41, 5.74) is 1.66. The van der Waals surface area contributed by atoms with Gasteiger partial charge in [-0.25, -0.2) is 13.4 Å². The second-order valence-electron chi connectivity index (χ2n) is 7.35. The topological polar surface area (TPSA) is 70.6 Å². The van der Waals surface area contributed by atoms with Crippen molar-refractivity contribution in [2.45, 2.75) is 25.7 Å². The Morgan fingerprint density at radius 1 is 1.03 bits per heavy atom. The van der Waals surface area contributed by atoms with Crippen LogP contribution in [0.4, 0.5) is 5.13 Å². The summed E-state index contributed by atoms with van der Waals surface area (Å²) < 4.78 is 26.6. The molecule has 0 N–H and O–H groups in total. The molecular weight excluding hydrogens is 489 g/mol. The maximum atomic E-state index is 13.3. The fraction of sp³-hybridized carbons (Fsp3) is 0.364. The van der Waals surface area contributed by atoms with Crippen molar-refractivity contribution in [3.05, 3.63) is 52.0 Å². The molecule has 1 amide bonds. The third-order valence-electron chi connectivity index (χ3n) is 5.19. The third-order valence-corrected chi connectivity index (χ3v) is 8.30. The molecule has 0 spiro atoms. The molecule has 2 aromatic carbocycles. The number of hydrogen-bond acceptors (Lipinski definition) is 6. The van der Waals surface area contributed by atoms with E-state index in [0.717, 1.165) is 28.9 Å². The van der Waals surface area contributed by atoms with Crippen molar-refractivity contribution in [2.24, 2.45) is 0 Å². The van der Waals surface area contributed by atoms with Crippen molar-refractivity contribution in [3.8, 4) is 0 Å². The van der Waals surface area contributed by atoms with Crippen molar-refractivity contribution in [1.82, 2.24) is 9.88 Å². The first-order valence-electron chi connectivity index (χ1n) is 10.2. The number of halogens is 2. The van der Waals surface area contributed by atoms with Crippen LogP contribution in [-0.2, 0) is 14.6 Å². The van der Waals surface area contributed by atoms with Gasteiger partial charge in [0.2, 0.25) is 5.91 Å². The highest BCUT2D eigenvalue weighted by Gasteiger charge is 2.27. The molecule has 0 aliphatic carbocycles. The van der Waals surface area contributed by atoms with Crippen LogP contribution in [0.5, 0.6) is 0 Å². The van der Waals surface area contributed by atoms with Gasteiger partial charge in [-0.3, -0.25) is 9.69 Å². The summed E-state index contributed by atoms with van der Waals surface area (Å²) in [5.74, 6) is -1.17. The Balaban J connectivity index is 1.94. The first-order valence-corrected chi connectivity index (χ1v) is 13.4. The Labute approximate surface area is 202 Å². The number of aromatic nitrogens is 1. The molecule has 172 valence electrons. The zero-order chi connectivity index (χ0) is 23.5. The van der Waals surface area contributed by atoms with Gasteiger partial charge in [0.15, 0.2) is 15.0 Å². The molecule has 1 aromatic heterocycles. The molecule has 0 saturated heterocycles. The molecule has 0 saturated carbocycles. The molecule has 1 heterocycles. The summed E-state index contributed by atoms with van der Waals surface area (Å²) in [6.07, 6.45) is 0. The Kier molecular flexibility index (Phi) is 8.16. The minimum Gasteiger partial charge on any atom is -0.302 e. The first kappa shape index (κ1) is 24.9. The van der Waals surface area contributed by atoms with Crippen LogP contribution in [0.3, 0.4) is 0 Å². The molecule has 3 aromatic rings. The lowest BCUT2D eigenvalue weighted by molar-refractivity contribution is -0.116. The number of thiazole rings is 1. The van der Waals surface area contributed by atoms with E-state index >= 15 is 0 Å². The number of aryl methyl sites for hydroxylation is 1. The van der Waals surface area contributed by atoms with Crippen molar-refractivity contribution in [3.63, 3.8) is 0 Å². The molecule has 32 heavy (non-hydrogen) atoms. The number of nitrogens with zero attached hydrogens (tertiary/aromatic N) is 3. The molecular formula is C22H25Cl2N3O3S2. The number of fused-ring (bicyclic) bond motifs is 1. The molecule has 6 nitrogen and oxygen atoms in total. The third kappa shape index (κ3) is 5.80. The number of anilines is 1. The average molecular weight is 515 g/mol. The number of hydrogen-bond donors (Lipinski definition) is 0. The Hall–Kier alpha value is -1.71. The normalized spacial score (nSPS) is 11.9. The largest absolute Gasteiger partial charge is 0.302 e. The molecule has 0 atom stereocenters. The summed E-state index contributed by atoms with van der Waals surface area (Å²) in [7, 11) is -3.83. The number of carbonyl (C=O) groups is 1. The van der Waals surface area contributed by atoms with E-state index in [2.05, 4.69) is 9.88 Å². The van der Waals surface area contributed by atoms with Gasteiger partial charge in [-0.2, -0.15) is 0 Å². The minimum atomic E-state index is -3.83. The first-order chi connectivity index (χ1) is 15.1. The number of sulfone groups is 1. The molecule has 0 unspecified atom stereocenters. The van der Waals surface area contributed by atoms with Gasteiger partial charge in [0.25, 0.3) is 0 Å². The molecule has 0 bridgehead atoms. The monoisotopic (exact) mass is 513 g/mol.